The van der Waals surface area contributed by atoms with Gasteiger partial charge in [-0.15, -0.1) is 0 Å². The van der Waals surface area contributed by atoms with E-state index >= 15 is 0 Å². The number of benzene rings is 1. The standard InChI is InChI=1S/C27H43NO4/c1-19(2)18-23-20(3)31-25(29)24(28-26(30)32-27(4,5)6)17-11-16-22(23)15-10-14-21-12-8-7-9-13-21/h7-9,12-13,19-20,22-24H,10-11,14-18H2,1-6H3,(H,28,30)/t20-,22-,23-,24-/m0/s1. The second-order valence-electron chi connectivity index (χ2n) is 10.7. The second-order valence-corrected chi connectivity index (χ2v) is 10.7. The van der Waals surface area contributed by atoms with Crippen molar-refractivity contribution < 1.29 is 19.1 Å². The lowest BCUT2D eigenvalue weighted by Crippen LogP contribution is -2.45. The molecule has 1 saturated heterocycles. The Morgan fingerprint density at radius 1 is 1.19 bits per heavy atom. The van der Waals surface area contributed by atoms with Crippen molar-refractivity contribution in [3.63, 3.8) is 0 Å². The number of ether oxygens (including phenoxy) is 2. The molecular formula is C27H43NO4. The normalized spacial score (nSPS) is 24.8. The van der Waals surface area contributed by atoms with E-state index in [-0.39, 0.29) is 12.1 Å². The number of esters is 1. The zero-order valence-electron chi connectivity index (χ0n) is 20.9. The van der Waals surface area contributed by atoms with E-state index in [0.29, 0.717) is 24.2 Å². The molecule has 0 aliphatic carbocycles. The molecule has 0 unspecified atom stereocenters. The summed E-state index contributed by atoms with van der Waals surface area (Å²) in [5, 5.41) is 2.74. The van der Waals surface area contributed by atoms with E-state index in [1.165, 1.54) is 5.56 Å². The molecule has 5 heteroatoms. The first-order valence-electron chi connectivity index (χ1n) is 12.3. The van der Waals surface area contributed by atoms with Gasteiger partial charge in [0.15, 0.2) is 0 Å². The summed E-state index contributed by atoms with van der Waals surface area (Å²) in [7, 11) is 0. The van der Waals surface area contributed by atoms with Crippen molar-refractivity contribution in [1.82, 2.24) is 5.32 Å². The maximum absolute atomic E-state index is 12.9. The molecule has 0 spiro atoms. The minimum Gasteiger partial charge on any atom is -0.461 e. The van der Waals surface area contributed by atoms with Crippen LogP contribution >= 0.6 is 0 Å². The Balaban J connectivity index is 2.05. The molecular weight excluding hydrogens is 402 g/mol. The van der Waals surface area contributed by atoms with E-state index < -0.39 is 17.7 Å². The van der Waals surface area contributed by atoms with Crippen molar-refractivity contribution in [3.05, 3.63) is 35.9 Å². The Morgan fingerprint density at radius 2 is 1.88 bits per heavy atom. The van der Waals surface area contributed by atoms with Gasteiger partial charge in [-0.2, -0.15) is 0 Å². The van der Waals surface area contributed by atoms with Gasteiger partial charge in [-0.25, -0.2) is 9.59 Å². The second kappa shape index (κ2) is 12.3. The summed E-state index contributed by atoms with van der Waals surface area (Å²) in [5.41, 5.74) is 0.767. The first-order valence-corrected chi connectivity index (χ1v) is 12.3. The summed E-state index contributed by atoms with van der Waals surface area (Å²) in [4.78, 5) is 25.1. The Morgan fingerprint density at radius 3 is 2.50 bits per heavy atom. The van der Waals surface area contributed by atoms with Crippen LogP contribution < -0.4 is 5.32 Å². The number of hydrogen-bond acceptors (Lipinski definition) is 4. The van der Waals surface area contributed by atoms with E-state index in [4.69, 9.17) is 9.47 Å². The minimum absolute atomic E-state index is 0.173. The highest BCUT2D eigenvalue weighted by atomic mass is 16.6. The summed E-state index contributed by atoms with van der Waals surface area (Å²) in [6, 6.07) is 9.96. The monoisotopic (exact) mass is 445 g/mol. The van der Waals surface area contributed by atoms with Crippen LogP contribution in [0, 0.1) is 17.8 Å². The highest BCUT2D eigenvalue weighted by Gasteiger charge is 2.34. The van der Waals surface area contributed by atoms with Gasteiger partial charge in [0.2, 0.25) is 0 Å². The molecule has 5 nitrogen and oxygen atoms in total. The highest BCUT2D eigenvalue weighted by Crippen LogP contribution is 2.35. The van der Waals surface area contributed by atoms with Gasteiger partial charge in [-0.1, -0.05) is 50.6 Å². The van der Waals surface area contributed by atoms with Gasteiger partial charge in [0.05, 0.1) is 0 Å². The molecule has 1 amide bonds. The molecule has 1 fully saturated rings. The molecule has 1 aromatic carbocycles. The van der Waals surface area contributed by atoms with Crippen LogP contribution in [0.4, 0.5) is 4.79 Å². The molecule has 1 heterocycles. The first kappa shape index (κ1) is 26.2. The molecule has 4 atom stereocenters. The number of carbonyl (C=O) groups is 2. The van der Waals surface area contributed by atoms with Crippen molar-refractivity contribution in [2.45, 2.75) is 104 Å². The molecule has 1 aliphatic rings. The van der Waals surface area contributed by atoms with Crippen molar-refractivity contribution in [2.24, 2.45) is 17.8 Å². The number of aryl methyl sites for hydroxylation is 1. The number of rotatable bonds is 7. The predicted octanol–water partition coefficient (Wildman–Crippen LogP) is 6.30. The Kier molecular flexibility index (Phi) is 10.0. The third-order valence-electron chi connectivity index (χ3n) is 6.18. The van der Waals surface area contributed by atoms with Crippen LogP contribution in [0.25, 0.3) is 0 Å². The molecule has 180 valence electrons. The van der Waals surface area contributed by atoms with Crippen LogP contribution in [0.5, 0.6) is 0 Å². The molecule has 32 heavy (non-hydrogen) atoms. The zero-order valence-corrected chi connectivity index (χ0v) is 20.9. The quantitative estimate of drug-likeness (QED) is 0.500. The van der Waals surface area contributed by atoms with Gasteiger partial charge in [0, 0.05) is 0 Å². The van der Waals surface area contributed by atoms with Crippen LogP contribution in [0.1, 0.15) is 85.6 Å². The molecule has 1 aliphatic heterocycles. The van der Waals surface area contributed by atoms with Crippen LogP contribution in [0.3, 0.4) is 0 Å². The Bertz CT molecular complexity index is 710. The zero-order chi connectivity index (χ0) is 23.7. The molecule has 0 bridgehead atoms. The number of nitrogens with one attached hydrogen (secondary N) is 1. The summed E-state index contributed by atoms with van der Waals surface area (Å²) >= 11 is 0. The van der Waals surface area contributed by atoms with Crippen LogP contribution in [-0.2, 0) is 20.7 Å². The maximum atomic E-state index is 12.9. The Labute approximate surface area is 194 Å². The third-order valence-corrected chi connectivity index (χ3v) is 6.18. The number of cyclic esters (lactones) is 1. The average Bonchev–Trinajstić information content (AvgIpc) is 2.73. The van der Waals surface area contributed by atoms with Crippen LogP contribution in [0.2, 0.25) is 0 Å². The summed E-state index contributed by atoms with van der Waals surface area (Å²) in [6.07, 6.45) is 6.12. The lowest BCUT2D eigenvalue weighted by atomic mass is 9.77. The lowest BCUT2D eigenvalue weighted by molar-refractivity contribution is -0.154. The molecule has 2 rings (SSSR count). The minimum atomic E-state index is -0.657. The fraction of sp³-hybridized carbons (Fsp3) is 0.704. The molecule has 0 saturated carbocycles. The smallest absolute Gasteiger partial charge is 0.408 e. The number of amides is 1. The van der Waals surface area contributed by atoms with E-state index in [9.17, 15) is 9.59 Å². The van der Waals surface area contributed by atoms with Crippen LogP contribution in [0.15, 0.2) is 30.3 Å². The number of carbonyl (C=O) groups excluding carboxylic acids is 2. The van der Waals surface area contributed by atoms with Crippen molar-refractivity contribution >= 4 is 12.1 Å². The van der Waals surface area contributed by atoms with Crippen molar-refractivity contribution in [3.8, 4) is 0 Å². The van der Waals surface area contributed by atoms with Gasteiger partial charge >= 0.3 is 12.1 Å². The summed E-state index contributed by atoms with van der Waals surface area (Å²) in [6.45, 7) is 11.9. The SMILES string of the molecule is CC(C)C[C@@H]1[C@@H](CCCc2ccccc2)CCC[C@H](NC(=O)OC(C)(C)C)C(=O)O[C@H]1C. The maximum Gasteiger partial charge on any atom is 0.408 e. The van der Waals surface area contributed by atoms with Crippen LogP contribution in [-0.4, -0.2) is 29.8 Å². The molecule has 1 N–H and O–H groups in total. The predicted molar refractivity (Wildman–Crippen MR) is 128 cm³/mol. The van der Waals surface area contributed by atoms with Crippen molar-refractivity contribution in [1.29, 1.82) is 0 Å². The van der Waals surface area contributed by atoms with E-state index in [1.54, 1.807) is 0 Å². The summed E-state index contributed by atoms with van der Waals surface area (Å²) in [5.74, 6) is 1.02. The Hall–Kier alpha value is -2.04. The van der Waals surface area contributed by atoms with Gasteiger partial charge in [0.1, 0.15) is 17.7 Å². The fourth-order valence-electron chi connectivity index (χ4n) is 4.73. The van der Waals surface area contributed by atoms with Gasteiger partial charge in [-0.3, -0.25) is 0 Å². The molecule has 0 aromatic heterocycles. The third kappa shape index (κ3) is 9.22. The molecule has 0 radical (unpaired) electrons. The topological polar surface area (TPSA) is 64.6 Å². The van der Waals surface area contributed by atoms with Gasteiger partial charge in [0.25, 0.3) is 0 Å². The number of hydrogen-bond donors (Lipinski definition) is 1. The van der Waals surface area contributed by atoms with Gasteiger partial charge < -0.3 is 14.8 Å². The lowest BCUT2D eigenvalue weighted by Gasteiger charge is -2.32. The van der Waals surface area contributed by atoms with Crippen molar-refractivity contribution in [2.75, 3.05) is 0 Å². The van der Waals surface area contributed by atoms with E-state index in [1.807, 2.05) is 27.7 Å². The first-order chi connectivity index (χ1) is 15.0. The largest absolute Gasteiger partial charge is 0.461 e. The molecule has 1 aromatic rings. The highest BCUT2D eigenvalue weighted by molar-refractivity contribution is 5.81. The van der Waals surface area contributed by atoms with E-state index in [2.05, 4.69) is 49.5 Å². The van der Waals surface area contributed by atoms with E-state index in [0.717, 1.165) is 38.5 Å². The number of alkyl carbamates (subject to hydrolysis) is 1. The fourth-order valence-corrected chi connectivity index (χ4v) is 4.73. The van der Waals surface area contributed by atoms with Gasteiger partial charge in [-0.05, 0) is 89.5 Å². The summed E-state index contributed by atoms with van der Waals surface area (Å²) < 4.78 is 11.3. The average molecular weight is 446 g/mol.